The van der Waals surface area contributed by atoms with Crippen LogP contribution in [-0.2, 0) is 62.4 Å². The van der Waals surface area contributed by atoms with Gasteiger partial charge in [0.1, 0.15) is 48.0 Å². The Balaban J connectivity index is 1.98. The van der Waals surface area contributed by atoms with E-state index in [2.05, 4.69) is 64.8 Å². The summed E-state index contributed by atoms with van der Waals surface area (Å²) in [6.07, 6.45) is 5.53. The summed E-state index contributed by atoms with van der Waals surface area (Å²) < 4.78 is 0. The summed E-state index contributed by atoms with van der Waals surface area (Å²) >= 11 is 6.73. The predicted molar refractivity (Wildman–Crippen MR) is 290 cm³/mol. The van der Waals surface area contributed by atoms with E-state index in [1.54, 1.807) is 36.6 Å². The van der Waals surface area contributed by atoms with Crippen molar-refractivity contribution in [1.82, 2.24) is 47.2 Å². The second-order valence-corrected chi connectivity index (χ2v) is 19.7. The van der Waals surface area contributed by atoms with Crippen molar-refractivity contribution in [3.8, 4) is 5.75 Å². The number of nitrogens with one attached hydrogen (secondary N) is 8. The van der Waals surface area contributed by atoms with Crippen molar-refractivity contribution in [3.05, 3.63) is 83.9 Å². The van der Waals surface area contributed by atoms with E-state index in [1.807, 2.05) is 6.26 Å². The Hall–Kier alpha value is -7.04. The number of phenolic OH excluding ortho intramolecular Hbond substituents is 1. The Morgan fingerprint density at radius 2 is 1.07 bits per heavy atom. The number of nitrogens with zero attached hydrogens (tertiary/aromatic N) is 2. The summed E-state index contributed by atoms with van der Waals surface area (Å²) in [5.74, 6) is -8.45. The maximum absolute atomic E-state index is 14.6. The van der Waals surface area contributed by atoms with Gasteiger partial charge < -0.3 is 74.7 Å². The van der Waals surface area contributed by atoms with Crippen LogP contribution < -0.4 is 54.4 Å². The molecule has 0 spiro atoms. The smallest absolute Gasteiger partial charge is 0.327 e. The number of aromatic hydroxyl groups is 1. The minimum atomic E-state index is -1.58. The Labute approximate surface area is 453 Å². The van der Waals surface area contributed by atoms with Gasteiger partial charge in [0.2, 0.25) is 41.4 Å². The lowest BCUT2D eigenvalue weighted by molar-refractivity contribution is -0.142. The van der Waals surface area contributed by atoms with E-state index in [-0.39, 0.29) is 69.0 Å². The van der Waals surface area contributed by atoms with Gasteiger partial charge >= 0.3 is 11.9 Å². The zero-order chi connectivity index (χ0) is 56.2. The molecule has 76 heavy (non-hydrogen) atoms. The molecule has 0 saturated carbocycles. The molecule has 0 unspecified atom stereocenters. The van der Waals surface area contributed by atoms with Gasteiger partial charge in [0.25, 0.3) is 0 Å². The van der Waals surface area contributed by atoms with Crippen molar-refractivity contribution < 1.29 is 58.5 Å². The molecule has 0 aliphatic rings. The van der Waals surface area contributed by atoms with E-state index in [0.717, 1.165) is 0 Å². The van der Waals surface area contributed by atoms with E-state index in [0.29, 0.717) is 28.3 Å². The molecular formula is C48H69N13O12S3. The van der Waals surface area contributed by atoms with Crippen molar-refractivity contribution >= 4 is 95.4 Å². The largest absolute Gasteiger partial charge is 0.508 e. The first-order valence-electron chi connectivity index (χ1n) is 24.0. The molecule has 0 aliphatic heterocycles. The fraction of sp³-hybridized carbons (Fsp3) is 0.479. The monoisotopic (exact) mass is 1120 g/mol. The topological polar surface area (TPSA) is 418 Å². The molecule has 0 saturated heterocycles. The second kappa shape index (κ2) is 33.8. The van der Waals surface area contributed by atoms with Crippen LogP contribution in [0.5, 0.6) is 5.75 Å². The number of carboxylic acid groups (broad SMARTS) is 2. The number of carbonyl (C=O) groups is 9. The molecule has 416 valence electrons. The first-order valence-corrected chi connectivity index (χ1v) is 27.4. The van der Waals surface area contributed by atoms with Crippen LogP contribution in [0.25, 0.3) is 0 Å². The quantitative estimate of drug-likeness (QED) is 0.0135. The van der Waals surface area contributed by atoms with Gasteiger partial charge in [-0.05, 0) is 79.4 Å². The number of thiol groups is 1. The van der Waals surface area contributed by atoms with Crippen LogP contribution in [0.4, 0.5) is 0 Å². The fourth-order valence-electron chi connectivity index (χ4n) is 7.28. The molecule has 25 nitrogen and oxygen atoms in total. The molecule has 3 rings (SSSR count). The van der Waals surface area contributed by atoms with Crippen molar-refractivity contribution in [3.63, 3.8) is 0 Å². The second-order valence-electron chi connectivity index (χ2n) is 17.3. The molecule has 3 aromatic rings. The number of phenols is 1. The number of H-pyrrole nitrogens is 1. The summed E-state index contributed by atoms with van der Waals surface area (Å²) in [4.78, 5) is 132. The molecule has 0 bridgehead atoms. The van der Waals surface area contributed by atoms with Crippen molar-refractivity contribution in [2.45, 2.75) is 106 Å². The Morgan fingerprint density at radius 3 is 1.51 bits per heavy atom. The lowest BCUT2D eigenvalue weighted by Gasteiger charge is -2.28. The van der Waals surface area contributed by atoms with Crippen LogP contribution in [-0.4, -0.2) is 169 Å². The number of rotatable bonds is 35. The highest BCUT2D eigenvalue weighted by Crippen LogP contribution is 2.14. The van der Waals surface area contributed by atoms with E-state index in [4.69, 9.17) is 17.2 Å². The molecule has 1 aromatic heterocycles. The third kappa shape index (κ3) is 23.2. The Bertz CT molecular complexity index is 2400. The lowest BCUT2D eigenvalue weighted by Crippen LogP contribution is -2.61. The van der Waals surface area contributed by atoms with Crippen molar-refractivity contribution in [2.75, 3.05) is 36.3 Å². The lowest BCUT2D eigenvalue weighted by atomic mass is 10.0. The van der Waals surface area contributed by atoms with Crippen molar-refractivity contribution in [2.24, 2.45) is 22.2 Å². The number of benzene rings is 2. The number of amides is 7. The van der Waals surface area contributed by atoms with Crippen LogP contribution in [0.15, 0.2) is 72.1 Å². The minimum absolute atomic E-state index is 0.0242. The zero-order valence-electron chi connectivity index (χ0n) is 42.1. The van der Waals surface area contributed by atoms with Gasteiger partial charge in [-0.3, -0.25) is 43.3 Å². The van der Waals surface area contributed by atoms with Gasteiger partial charge in [-0.2, -0.15) is 36.2 Å². The average molecular weight is 1120 g/mol. The number of carbonyl (C=O) groups excluding carboxylic acids is 7. The summed E-state index contributed by atoms with van der Waals surface area (Å²) in [5.41, 5.74) is 18.8. The van der Waals surface area contributed by atoms with Crippen LogP contribution in [0.1, 0.15) is 55.3 Å². The highest BCUT2D eigenvalue weighted by atomic mass is 32.2. The van der Waals surface area contributed by atoms with Gasteiger partial charge in [-0.1, -0.05) is 42.5 Å². The number of thioether (sulfide) groups is 2. The molecule has 0 fully saturated rings. The molecule has 7 amide bonds. The van der Waals surface area contributed by atoms with Gasteiger partial charge in [0, 0.05) is 49.9 Å². The van der Waals surface area contributed by atoms with Crippen LogP contribution in [0.2, 0.25) is 0 Å². The zero-order valence-corrected chi connectivity index (χ0v) is 44.6. The fourth-order valence-corrected chi connectivity index (χ4v) is 8.47. The number of hydrogen-bond donors (Lipinski definition) is 15. The Morgan fingerprint density at radius 1 is 0.618 bits per heavy atom. The average Bonchev–Trinajstić information content (AvgIpc) is 3.90. The number of nitrogens with two attached hydrogens (primary N) is 3. The third-order valence-corrected chi connectivity index (χ3v) is 13.1. The number of carboxylic acids is 2. The SMILES string of the molecule is CSCC[C@H](NC(=O)[C@H](CCCN=C(N)N)NC(=O)[C@H](CCSC)NC(=O)[C@@H](N)Cc1cnc[nH]1)C(=O)N[C@@H](Cc1ccc(O)cc1)C(=O)N[C@@H](Cc1ccccc1)C(=O)N[C@@H](CCC(=O)O)C(=O)N[C@@H](CS)C(=O)O. The van der Waals surface area contributed by atoms with Crippen LogP contribution >= 0.6 is 36.2 Å². The summed E-state index contributed by atoms with van der Waals surface area (Å²) in [7, 11) is 0. The highest BCUT2D eigenvalue weighted by Gasteiger charge is 2.35. The molecule has 0 aliphatic carbocycles. The van der Waals surface area contributed by atoms with E-state index >= 15 is 0 Å². The molecule has 1 heterocycles. The maximum Gasteiger partial charge on any atom is 0.327 e. The van der Waals surface area contributed by atoms with E-state index < -0.39 is 114 Å². The number of aliphatic carboxylic acids is 2. The number of aromatic amines is 1. The molecular weight excluding hydrogens is 1050 g/mol. The number of guanidine groups is 1. The summed E-state index contributed by atoms with van der Waals surface area (Å²) in [6.45, 7) is 0.0717. The first-order chi connectivity index (χ1) is 36.2. The molecule has 2 aromatic carbocycles. The predicted octanol–water partition coefficient (Wildman–Crippen LogP) is -1.70. The molecule has 28 heteroatoms. The maximum atomic E-state index is 14.6. The van der Waals surface area contributed by atoms with Gasteiger partial charge in [-0.25, -0.2) is 9.78 Å². The van der Waals surface area contributed by atoms with E-state index in [9.17, 15) is 58.5 Å². The minimum Gasteiger partial charge on any atom is -0.508 e. The first kappa shape index (κ1) is 63.3. The van der Waals surface area contributed by atoms with Crippen molar-refractivity contribution in [1.29, 1.82) is 0 Å². The Kier molecular flexibility index (Phi) is 28.1. The number of aromatic nitrogens is 2. The van der Waals surface area contributed by atoms with Gasteiger partial charge in [-0.15, -0.1) is 0 Å². The molecule has 8 atom stereocenters. The normalized spacial score (nSPS) is 14.1. The summed E-state index contributed by atoms with van der Waals surface area (Å²) in [6, 6.07) is 3.28. The van der Waals surface area contributed by atoms with E-state index in [1.165, 1.54) is 60.3 Å². The number of aliphatic imine (C=N–C) groups is 1. The number of hydrogen-bond acceptors (Lipinski definition) is 16. The van der Waals surface area contributed by atoms with Gasteiger partial charge in [0.15, 0.2) is 5.96 Å². The van der Waals surface area contributed by atoms with Crippen LogP contribution in [0.3, 0.4) is 0 Å². The third-order valence-electron chi connectivity index (χ3n) is 11.4. The summed E-state index contributed by atoms with van der Waals surface area (Å²) in [5, 5.41) is 47.2. The molecule has 17 N–H and O–H groups in total. The van der Waals surface area contributed by atoms with Crippen LogP contribution in [0, 0.1) is 0 Å². The number of imidazole rings is 1. The molecule has 0 radical (unpaired) electrons. The standard InChI is InChI=1S/C48H69N13O12S3/c1-75-19-16-34(55-40(65)31(49)23-29-24-52-26-54-29)43(68)56-32(9-6-18-53-48(50)51)41(66)58-35(17-20-76-2)44(69)59-37(22-28-10-12-30(62)13-11-28)46(71)60-36(21-27-7-4-3-5-8-27)45(70)57-33(14-15-39(63)64)42(67)61-38(25-74)47(72)73/h3-5,7-8,10-13,24,26,31-38,62,74H,6,9,14-23,25,49H2,1-2H3,(H,52,54)(H,55,65)(H,56,68)(H,57,70)(H,58,66)(H,59,69)(H,60,71)(H,61,67)(H,63,64)(H,72,73)(H4,50,51,53)/t31-,32-,33-,34-,35-,36-,37-,38-/m0/s1. The van der Waals surface area contributed by atoms with Gasteiger partial charge in [0.05, 0.1) is 12.4 Å². The highest BCUT2D eigenvalue weighted by molar-refractivity contribution is 7.98.